The van der Waals surface area contributed by atoms with Gasteiger partial charge in [-0.25, -0.2) is 0 Å². The van der Waals surface area contributed by atoms with Gasteiger partial charge in [-0.05, 0) is 36.2 Å². The Morgan fingerprint density at radius 3 is 2.38 bits per heavy atom. The second-order valence-corrected chi connectivity index (χ2v) is 5.42. The lowest BCUT2D eigenvalue weighted by Gasteiger charge is -2.20. The Morgan fingerprint density at radius 1 is 1.19 bits per heavy atom. The lowest BCUT2D eigenvalue weighted by Crippen LogP contribution is -2.10. The third-order valence-electron chi connectivity index (χ3n) is 3.17. The van der Waals surface area contributed by atoms with E-state index < -0.39 is 4.92 Å². The largest absolute Gasteiger partial charge is 0.378 e. The maximum Gasteiger partial charge on any atom is 0.269 e. The van der Waals surface area contributed by atoms with Crippen molar-refractivity contribution in [1.29, 1.82) is 0 Å². The van der Waals surface area contributed by atoms with Crippen molar-refractivity contribution in [2.75, 3.05) is 5.32 Å². The summed E-state index contributed by atoms with van der Waals surface area (Å²) in [6.07, 6.45) is 0.818. The number of nitrogens with one attached hydrogen (secondary N) is 1. The predicted octanol–water partition coefficient (Wildman–Crippen LogP) is 5.46. The molecule has 1 N–H and O–H groups in total. The molecule has 2 aromatic rings. The third kappa shape index (κ3) is 3.86. The number of anilines is 1. The summed E-state index contributed by atoms with van der Waals surface area (Å²) in [6, 6.07) is 11.7. The minimum absolute atomic E-state index is 0.0104. The zero-order valence-electron chi connectivity index (χ0n) is 11.3. The minimum atomic E-state index is -0.419. The molecule has 0 aliphatic rings. The van der Waals surface area contributed by atoms with Crippen LogP contribution in [-0.4, -0.2) is 4.92 Å². The fraction of sp³-hybridized carbons (Fsp3) is 0.200. The van der Waals surface area contributed by atoms with E-state index in [1.807, 2.05) is 13.0 Å². The van der Waals surface area contributed by atoms with Crippen LogP contribution in [0.2, 0.25) is 10.0 Å². The first-order valence-corrected chi connectivity index (χ1v) is 7.22. The molecule has 0 aliphatic heterocycles. The molecule has 0 saturated heterocycles. The maximum absolute atomic E-state index is 10.6. The molecule has 6 heteroatoms. The molecular formula is C15H14Cl2N2O2. The summed E-state index contributed by atoms with van der Waals surface area (Å²) in [5, 5.41) is 15.2. The predicted molar refractivity (Wildman–Crippen MR) is 86.2 cm³/mol. The topological polar surface area (TPSA) is 55.2 Å². The highest BCUT2D eigenvalue weighted by Crippen LogP contribution is 2.31. The number of hydrogen-bond acceptors (Lipinski definition) is 3. The zero-order chi connectivity index (χ0) is 15.4. The van der Waals surface area contributed by atoms with E-state index in [1.54, 1.807) is 24.3 Å². The van der Waals surface area contributed by atoms with Gasteiger partial charge in [0.15, 0.2) is 0 Å². The highest BCUT2D eigenvalue weighted by molar-refractivity contribution is 6.35. The van der Waals surface area contributed by atoms with Crippen molar-refractivity contribution >= 4 is 34.6 Å². The molecule has 1 atom stereocenters. The summed E-state index contributed by atoms with van der Waals surface area (Å²) in [5.74, 6) is 0. The normalized spacial score (nSPS) is 12.0. The van der Waals surface area contributed by atoms with Gasteiger partial charge in [-0.15, -0.1) is 0 Å². The summed E-state index contributed by atoms with van der Waals surface area (Å²) < 4.78 is 0. The van der Waals surface area contributed by atoms with Crippen molar-refractivity contribution in [3.63, 3.8) is 0 Å². The molecule has 0 bridgehead atoms. The number of benzene rings is 2. The van der Waals surface area contributed by atoms with Crippen molar-refractivity contribution in [1.82, 2.24) is 0 Å². The van der Waals surface area contributed by atoms with Gasteiger partial charge in [-0.3, -0.25) is 10.1 Å². The monoisotopic (exact) mass is 324 g/mol. The van der Waals surface area contributed by atoms with E-state index in [4.69, 9.17) is 23.2 Å². The Balaban J connectivity index is 2.20. The van der Waals surface area contributed by atoms with Gasteiger partial charge >= 0.3 is 0 Å². The van der Waals surface area contributed by atoms with Crippen LogP contribution in [0.3, 0.4) is 0 Å². The van der Waals surface area contributed by atoms with E-state index in [-0.39, 0.29) is 11.7 Å². The molecule has 1 unspecified atom stereocenters. The Labute approximate surface area is 132 Å². The van der Waals surface area contributed by atoms with Crippen LogP contribution in [-0.2, 0) is 0 Å². The van der Waals surface area contributed by atoms with Gasteiger partial charge in [0.25, 0.3) is 5.69 Å². The van der Waals surface area contributed by atoms with Crippen molar-refractivity contribution < 1.29 is 4.92 Å². The first-order chi connectivity index (χ1) is 10.0. The Hall–Kier alpha value is -1.78. The summed E-state index contributed by atoms with van der Waals surface area (Å²) in [7, 11) is 0. The molecule has 2 rings (SSSR count). The zero-order valence-corrected chi connectivity index (χ0v) is 12.9. The number of rotatable bonds is 5. The van der Waals surface area contributed by atoms with E-state index in [0.717, 1.165) is 17.7 Å². The first kappa shape index (κ1) is 15.6. The van der Waals surface area contributed by atoms with E-state index in [0.29, 0.717) is 10.0 Å². The van der Waals surface area contributed by atoms with Crippen molar-refractivity contribution in [3.05, 3.63) is 68.2 Å². The number of halogens is 2. The Kier molecular flexibility index (Phi) is 5.04. The number of non-ortho nitro benzene ring substituents is 1. The van der Waals surface area contributed by atoms with Gasteiger partial charge in [0, 0.05) is 27.9 Å². The summed E-state index contributed by atoms with van der Waals surface area (Å²) in [6.45, 7) is 2.04. The molecule has 4 nitrogen and oxygen atoms in total. The molecule has 2 aromatic carbocycles. The number of hydrogen-bond donors (Lipinski definition) is 1. The summed E-state index contributed by atoms with van der Waals surface area (Å²) in [5.41, 5.74) is 1.82. The molecule has 0 aliphatic carbocycles. The van der Waals surface area contributed by atoms with E-state index in [1.165, 1.54) is 12.1 Å². The van der Waals surface area contributed by atoms with Gasteiger partial charge in [-0.2, -0.15) is 0 Å². The molecule has 0 spiro atoms. The summed E-state index contributed by atoms with van der Waals surface area (Å²) >= 11 is 12.1. The van der Waals surface area contributed by atoms with Crippen molar-refractivity contribution in [2.24, 2.45) is 0 Å². The molecule has 0 heterocycles. The first-order valence-electron chi connectivity index (χ1n) is 6.47. The highest BCUT2D eigenvalue weighted by Gasteiger charge is 2.14. The number of nitro groups is 1. The van der Waals surface area contributed by atoms with Crippen LogP contribution < -0.4 is 5.32 Å². The van der Waals surface area contributed by atoms with Gasteiger partial charge < -0.3 is 5.32 Å². The highest BCUT2D eigenvalue weighted by atomic mass is 35.5. The molecule has 110 valence electrons. The SMILES string of the molecule is CCC(Nc1ccc([N+](=O)[O-])cc1)c1ccc(Cl)cc1Cl. The van der Waals surface area contributed by atoms with Crippen molar-refractivity contribution in [3.8, 4) is 0 Å². The van der Waals surface area contributed by atoms with Crippen LogP contribution >= 0.6 is 23.2 Å². The van der Waals surface area contributed by atoms with Gasteiger partial charge in [0.1, 0.15) is 0 Å². The number of nitrogens with zero attached hydrogens (tertiary/aromatic N) is 1. The lowest BCUT2D eigenvalue weighted by molar-refractivity contribution is -0.384. The standard InChI is InChI=1S/C15H14Cl2N2O2/c1-2-15(13-8-3-10(16)9-14(13)17)18-11-4-6-12(7-5-11)19(20)21/h3-9,15,18H,2H2,1H3. The van der Waals surface area contributed by atoms with Crippen LogP contribution in [0.15, 0.2) is 42.5 Å². The molecule has 0 saturated carbocycles. The quantitative estimate of drug-likeness (QED) is 0.586. The number of nitro benzene ring substituents is 1. The second-order valence-electron chi connectivity index (χ2n) is 4.57. The Morgan fingerprint density at radius 2 is 1.86 bits per heavy atom. The summed E-state index contributed by atoms with van der Waals surface area (Å²) in [4.78, 5) is 10.2. The molecule has 0 fully saturated rings. The third-order valence-corrected chi connectivity index (χ3v) is 3.73. The average molecular weight is 325 g/mol. The second kappa shape index (κ2) is 6.78. The van der Waals surface area contributed by atoms with Gasteiger partial charge in [0.2, 0.25) is 0 Å². The van der Waals surface area contributed by atoms with Crippen LogP contribution in [0.5, 0.6) is 0 Å². The minimum Gasteiger partial charge on any atom is -0.378 e. The fourth-order valence-electron chi connectivity index (χ4n) is 2.06. The van der Waals surface area contributed by atoms with Crippen LogP contribution in [0.25, 0.3) is 0 Å². The van der Waals surface area contributed by atoms with Gasteiger partial charge in [-0.1, -0.05) is 36.2 Å². The van der Waals surface area contributed by atoms with Crippen molar-refractivity contribution in [2.45, 2.75) is 19.4 Å². The van der Waals surface area contributed by atoms with Crippen LogP contribution in [0.4, 0.5) is 11.4 Å². The smallest absolute Gasteiger partial charge is 0.269 e. The average Bonchev–Trinajstić information content (AvgIpc) is 2.46. The molecular weight excluding hydrogens is 311 g/mol. The molecule has 21 heavy (non-hydrogen) atoms. The van der Waals surface area contributed by atoms with E-state index >= 15 is 0 Å². The molecule has 0 aromatic heterocycles. The van der Waals surface area contributed by atoms with E-state index in [2.05, 4.69) is 5.32 Å². The van der Waals surface area contributed by atoms with E-state index in [9.17, 15) is 10.1 Å². The van der Waals surface area contributed by atoms with Crippen LogP contribution in [0, 0.1) is 10.1 Å². The lowest BCUT2D eigenvalue weighted by atomic mass is 10.0. The molecule has 0 radical (unpaired) electrons. The Bertz CT molecular complexity index is 645. The fourth-order valence-corrected chi connectivity index (χ4v) is 2.60. The van der Waals surface area contributed by atoms with Crippen LogP contribution in [0.1, 0.15) is 24.9 Å². The van der Waals surface area contributed by atoms with Gasteiger partial charge in [0.05, 0.1) is 11.0 Å². The molecule has 0 amide bonds. The maximum atomic E-state index is 10.6.